The van der Waals surface area contributed by atoms with Crippen molar-refractivity contribution in [1.82, 2.24) is 9.88 Å². The maximum atomic E-state index is 14.3. The van der Waals surface area contributed by atoms with Crippen LogP contribution in [0.2, 0.25) is 0 Å². The average Bonchev–Trinajstić information content (AvgIpc) is 3.09. The lowest BCUT2D eigenvalue weighted by molar-refractivity contribution is 0.222. The van der Waals surface area contributed by atoms with E-state index in [1.54, 1.807) is 6.07 Å². The van der Waals surface area contributed by atoms with Gasteiger partial charge in [0.1, 0.15) is 24.2 Å². The normalized spacial score (nSPS) is 14.4. The maximum Gasteiger partial charge on any atom is 0.141 e. The third kappa shape index (κ3) is 3.36. The van der Waals surface area contributed by atoms with Gasteiger partial charge in [0.2, 0.25) is 0 Å². The molecular formula is C25H28FN3O. The van der Waals surface area contributed by atoms with Crippen molar-refractivity contribution < 1.29 is 9.13 Å². The predicted octanol–water partition coefficient (Wildman–Crippen LogP) is 5.13. The van der Waals surface area contributed by atoms with Gasteiger partial charge in [-0.05, 0) is 54.0 Å². The molecule has 0 amide bonds. The number of nitrogens with one attached hydrogen (secondary N) is 1. The number of nitrogens with zero attached hydrogens (tertiary/aromatic N) is 2. The molecule has 1 aliphatic carbocycles. The van der Waals surface area contributed by atoms with Crippen LogP contribution in [0, 0.1) is 17.1 Å². The topological polar surface area (TPSA) is 52.0 Å². The number of halogens is 1. The van der Waals surface area contributed by atoms with Gasteiger partial charge < -0.3 is 14.6 Å². The Balaban J connectivity index is 1.67. The summed E-state index contributed by atoms with van der Waals surface area (Å²) < 4.78 is 20.3. The average molecular weight is 406 g/mol. The van der Waals surface area contributed by atoms with E-state index in [9.17, 15) is 9.65 Å². The van der Waals surface area contributed by atoms with Crippen LogP contribution in [0.3, 0.4) is 0 Å². The second-order valence-corrected chi connectivity index (χ2v) is 8.46. The van der Waals surface area contributed by atoms with Gasteiger partial charge in [0.25, 0.3) is 0 Å². The molecule has 0 radical (unpaired) electrons. The molecular weight excluding hydrogens is 377 g/mol. The highest BCUT2D eigenvalue weighted by molar-refractivity contribution is 5.88. The van der Waals surface area contributed by atoms with E-state index in [0.717, 1.165) is 54.0 Å². The summed E-state index contributed by atoms with van der Waals surface area (Å²) in [5.41, 5.74) is 5.26. The molecule has 3 aromatic rings. The van der Waals surface area contributed by atoms with Crippen molar-refractivity contribution in [3.63, 3.8) is 0 Å². The van der Waals surface area contributed by atoms with E-state index in [1.807, 2.05) is 12.1 Å². The number of aromatic amines is 1. The largest absolute Gasteiger partial charge is 0.492 e. The number of benzene rings is 2. The number of aromatic nitrogens is 1. The molecule has 0 fully saturated rings. The molecule has 0 saturated carbocycles. The summed E-state index contributed by atoms with van der Waals surface area (Å²) in [6.07, 6.45) is 0.735. The van der Waals surface area contributed by atoms with E-state index in [-0.39, 0.29) is 11.0 Å². The molecule has 4 nitrogen and oxygen atoms in total. The van der Waals surface area contributed by atoms with Gasteiger partial charge in [-0.15, -0.1) is 0 Å². The number of hydrogen-bond donors (Lipinski definition) is 1. The Morgan fingerprint density at radius 1 is 1.20 bits per heavy atom. The van der Waals surface area contributed by atoms with E-state index >= 15 is 0 Å². The molecule has 156 valence electrons. The molecule has 1 N–H and O–H groups in total. The number of fused-ring (bicyclic) bond motifs is 4. The Hall–Kier alpha value is -2.84. The molecule has 1 aliphatic rings. The molecule has 0 spiro atoms. The maximum absolute atomic E-state index is 14.3. The lowest BCUT2D eigenvalue weighted by Gasteiger charge is -2.33. The van der Waals surface area contributed by atoms with E-state index in [1.165, 1.54) is 17.2 Å². The fourth-order valence-electron chi connectivity index (χ4n) is 4.61. The number of H-pyrrole nitrogens is 1. The Labute approximate surface area is 177 Å². The number of likely N-dealkylation sites (N-methyl/N-ethyl adjacent to an activating group) is 1. The molecule has 2 aromatic carbocycles. The quantitative estimate of drug-likeness (QED) is 0.619. The molecule has 0 unspecified atom stereocenters. The minimum atomic E-state index is -0.465. The van der Waals surface area contributed by atoms with Crippen molar-refractivity contribution in [2.45, 2.75) is 39.5 Å². The highest BCUT2D eigenvalue weighted by atomic mass is 19.1. The monoisotopic (exact) mass is 405 g/mol. The van der Waals surface area contributed by atoms with Gasteiger partial charge in [0, 0.05) is 35.0 Å². The summed E-state index contributed by atoms with van der Waals surface area (Å²) in [5.74, 6) is 0.415. The first-order valence-corrected chi connectivity index (χ1v) is 10.6. The molecule has 30 heavy (non-hydrogen) atoms. The first-order chi connectivity index (χ1) is 14.4. The highest BCUT2D eigenvalue weighted by Crippen LogP contribution is 2.44. The van der Waals surface area contributed by atoms with E-state index in [0.29, 0.717) is 6.61 Å². The molecule has 0 bridgehead atoms. The summed E-state index contributed by atoms with van der Waals surface area (Å²) >= 11 is 0. The van der Waals surface area contributed by atoms with Gasteiger partial charge in [0.15, 0.2) is 0 Å². The van der Waals surface area contributed by atoms with Crippen molar-refractivity contribution in [1.29, 1.82) is 5.26 Å². The zero-order valence-corrected chi connectivity index (χ0v) is 18.1. The van der Waals surface area contributed by atoms with Crippen molar-refractivity contribution in [2.75, 3.05) is 26.2 Å². The third-order valence-corrected chi connectivity index (χ3v) is 6.43. The van der Waals surface area contributed by atoms with E-state index in [2.05, 4.69) is 49.7 Å². The fourth-order valence-corrected chi connectivity index (χ4v) is 4.61. The van der Waals surface area contributed by atoms with Crippen LogP contribution in [0.4, 0.5) is 4.39 Å². The number of nitriles is 1. The van der Waals surface area contributed by atoms with Crippen LogP contribution < -0.4 is 4.74 Å². The van der Waals surface area contributed by atoms with Crippen LogP contribution in [0.15, 0.2) is 30.3 Å². The fraction of sp³-hybridized carbons (Fsp3) is 0.400. The van der Waals surface area contributed by atoms with Gasteiger partial charge in [-0.1, -0.05) is 33.8 Å². The van der Waals surface area contributed by atoms with Crippen LogP contribution in [-0.4, -0.2) is 36.1 Å². The summed E-state index contributed by atoms with van der Waals surface area (Å²) in [7, 11) is 0. The SMILES string of the molecule is CCN(CC)CCOc1ccc2c(c1)C(C)(C)c1[nH]c3cc(C#N)c(F)cc3c1C2. The smallest absolute Gasteiger partial charge is 0.141 e. The van der Waals surface area contributed by atoms with Gasteiger partial charge >= 0.3 is 0 Å². The number of rotatable bonds is 6. The Morgan fingerprint density at radius 2 is 1.97 bits per heavy atom. The summed E-state index contributed by atoms with van der Waals surface area (Å²) in [5, 5.41) is 10.0. The molecule has 1 heterocycles. The molecule has 0 saturated heterocycles. The molecule has 5 heteroatoms. The van der Waals surface area contributed by atoms with Crippen LogP contribution in [0.1, 0.15) is 55.6 Å². The van der Waals surface area contributed by atoms with Gasteiger partial charge in [0.05, 0.1) is 5.56 Å². The van der Waals surface area contributed by atoms with Gasteiger partial charge in [-0.2, -0.15) is 5.26 Å². The summed E-state index contributed by atoms with van der Waals surface area (Å²) in [6.45, 7) is 12.3. The number of ether oxygens (including phenoxy) is 1. The third-order valence-electron chi connectivity index (χ3n) is 6.43. The van der Waals surface area contributed by atoms with Gasteiger partial charge in [-0.3, -0.25) is 0 Å². The zero-order chi connectivity index (χ0) is 21.5. The van der Waals surface area contributed by atoms with Crippen molar-refractivity contribution in [3.8, 4) is 11.8 Å². The lowest BCUT2D eigenvalue weighted by Crippen LogP contribution is -2.28. The van der Waals surface area contributed by atoms with Crippen molar-refractivity contribution in [2.24, 2.45) is 0 Å². The predicted molar refractivity (Wildman–Crippen MR) is 118 cm³/mol. The van der Waals surface area contributed by atoms with Crippen LogP contribution in [0.25, 0.3) is 10.9 Å². The number of hydrogen-bond acceptors (Lipinski definition) is 3. The van der Waals surface area contributed by atoms with E-state index < -0.39 is 5.82 Å². The minimum Gasteiger partial charge on any atom is -0.492 e. The lowest BCUT2D eigenvalue weighted by atomic mass is 9.72. The Bertz CT molecular complexity index is 1140. The van der Waals surface area contributed by atoms with Crippen LogP contribution in [-0.2, 0) is 11.8 Å². The first-order valence-electron chi connectivity index (χ1n) is 10.6. The molecule has 0 aliphatic heterocycles. The Kier molecular flexibility index (Phi) is 5.29. The highest BCUT2D eigenvalue weighted by Gasteiger charge is 2.35. The minimum absolute atomic E-state index is 0.0697. The first kappa shape index (κ1) is 20.4. The Morgan fingerprint density at radius 3 is 2.67 bits per heavy atom. The molecule has 0 atom stereocenters. The molecule has 4 rings (SSSR count). The van der Waals surface area contributed by atoms with Crippen molar-refractivity contribution in [3.05, 3.63) is 64.1 Å². The van der Waals surface area contributed by atoms with E-state index in [4.69, 9.17) is 4.74 Å². The van der Waals surface area contributed by atoms with Crippen molar-refractivity contribution >= 4 is 10.9 Å². The summed E-state index contributed by atoms with van der Waals surface area (Å²) in [6, 6.07) is 11.4. The standard InChI is InChI=1S/C25H28FN3O/c1-5-29(6-2)9-10-30-18-8-7-16-11-20-19-14-22(26)17(15-27)12-23(19)28-24(20)25(3,4)21(16)13-18/h7-8,12-14,28H,5-6,9-11H2,1-4H3. The second-order valence-electron chi connectivity index (χ2n) is 8.46. The van der Waals surface area contributed by atoms with Crippen LogP contribution >= 0.6 is 0 Å². The van der Waals surface area contributed by atoms with Gasteiger partial charge in [-0.25, -0.2) is 4.39 Å². The zero-order valence-electron chi connectivity index (χ0n) is 18.1. The second kappa shape index (κ2) is 7.77. The van der Waals surface area contributed by atoms with Crippen LogP contribution in [0.5, 0.6) is 5.75 Å². The summed E-state index contributed by atoms with van der Waals surface area (Å²) in [4.78, 5) is 5.82. The molecule has 1 aromatic heterocycles.